The molecule has 0 bridgehead atoms. The molecule has 0 atom stereocenters. The second-order valence-electron chi connectivity index (χ2n) is 3.96. The molecule has 0 aromatic rings. The fraction of sp³-hybridized carbons (Fsp3) is 0.692. The zero-order valence-electron chi connectivity index (χ0n) is 8.84. The summed E-state index contributed by atoms with van der Waals surface area (Å²) in [5.41, 5.74) is 0. The standard InChI is InChI=1S/C13H22/c1-2-3-4-5-7-10-13-11-8-6-9-12-13/h8-9,11-13H,2-7,10H2,1H3. The van der Waals surface area contributed by atoms with Gasteiger partial charge in [-0.05, 0) is 18.8 Å². The third-order valence-electron chi connectivity index (χ3n) is 2.68. The van der Waals surface area contributed by atoms with Crippen LogP contribution in [-0.4, -0.2) is 0 Å². The second kappa shape index (κ2) is 6.94. The summed E-state index contributed by atoms with van der Waals surface area (Å²) >= 11 is 0. The van der Waals surface area contributed by atoms with Crippen LogP contribution >= 0.6 is 0 Å². The monoisotopic (exact) mass is 178 g/mol. The van der Waals surface area contributed by atoms with Gasteiger partial charge in [0.25, 0.3) is 0 Å². The van der Waals surface area contributed by atoms with Crippen LogP contribution in [0, 0.1) is 5.92 Å². The molecule has 0 aromatic carbocycles. The highest BCUT2D eigenvalue weighted by atomic mass is 14.1. The molecule has 0 saturated carbocycles. The van der Waals surface area contributed by atoms with E-state index in [-0.39, 0.29) is 0 Å². The number of rotatable bonds is 6. The molecule has 0 radical (unpaired) electrons. The van der Waals surface area contributed by atoms with E-state index in [9.17, 15) is 0 Å². The van der Waals surface area contributed by atoms with Crippen LogP contribution < -0.4 is 0 Å². The lowest BCUT2D eigenvalue weighted by Gasteiger charge is -2.10. The third-order valence-corrected chi connectivity index (χ3v) is 2.68. The summed E-state index contributed by atoms with van der Waals surface area (Å²) in [7, 11) is 0. The Morgan fingerprint density at radius 2 is 1.69 bits per heavy atom. The van der Waals surface area contributed by atoms with E-state index in [1.54, 1.807) is 0 Å². The molecule has 0 aromatic heterocycles. The van der Waals surface area contributed by atoms with Gasteiger partial charge in [-0.25, -0.2) is 0 Å². The topological polar surface area (TPSA) is 0 Å². The van der Waals surface area contributed by atoms with Gasteiger partial charge in [-0.2, -0.15) is 0 Å². The zero-order chi connectivity index (χ0) is 9.36. The molecule has 1 aliphatic rings. The van der Waals surface area contributed by atoms with Crippen molar-refractivity contribution in [3.8, 4) is 0 Å². The lowest BCUT2D eigenvalue weighted by atomic mass is 9.96. The summed E-state index contributed by atoms with van der Waals surface area (Å²) in [4.78, 5) is 0. The Hall–Kier alpha value is -0.520. The van der Waals surface area contributed by atoms with Gasteiger partial charge < -0.3 is 0 Å². The fourth-order valence-electron chi connectivity index (χ4n) is 1.83. The highest BCUT2D eigenvalue weighted by molar-refractivity contribution is 5.08. The minimum atomic E-state index is 0.746. The van der Waals surface area contributed by atoms with Gasteiger partial charge in [-0.3, -0.25) is 0 Å². The lowest BCUT2D eigenvalue weighted by Crippen LogP contribution is -1.94. The van der Waals surface area contributed by atoms with Crippen LogP contribution in [0.3, 0.4) is 0 Å². The maximum absolute atomic E-state index is 2.36. The normalized spacial score (nSPS) is 16.7. The van der Waals surface area contributed by atoms with Crippen LogP contribution in [0.4, 0.5) is 0 Å². The molecule has 0 unspecified atom stereocenters. The molecule has 0 saturated heterocycles. The van der Waals surface area contributed by atoms with Crippen molar-refractivity contribution in [1.82, 2.24) is 0 Å². The van der Waals surface area contributed by atoms with Crippen molar-refractivity contribution in [2.45, 2.75) is 51.9 Å². The van der Waals surface area contributed by atoms with Crippen molar-refractivity contribution in [1.29, 1.82) is 0 Å². The van der Waals surface area contributed by atoms with Crippen molar-refractivity contribution in [3.05, 3.63) is 24.3 Å². The van der Waals surface area contributed by atoms with Crippen LogP contribution in [0.25, 0.3) is 0 Å². The van der Waals surface area contributed by atoms with Crippen LogP contribution in [-0.2, 0) is 0 Å². The molecular formula is C13H22. The minimum absolute atomic E-state index is 0.746. The average molecular weight is 178 g/mol. The number of hydrogen-bond acceptors (Lipinski definition) is 0. The summed E-state index contributed by atoms with van der Waals surface area (Å²) < 4.78 is 0. The van der Waals surface area contributed by atoms with Crippen molar-refractivity contribution >= 4 is 0 Å². The van der Waals surface area contributed by atoms with Gasteiger partial charge >= 0.3 is 0 Å². The molecule has 0 nitrogen and oxygen atoms in total. The Morgan fingerprint density at radius 1 is 1.00 bits per heavy atom. The summed E-state index contributed by atoms with van der Waals surface area (Å²) in [6, 6.07) is 0. The molecule has 0 N–H and O–H groups in total. The maximum atomic E-state index is 2.36. The van der Waals surface area contributed by atoms with E-state index < -0.39 is 0 Å². The van der Waals surface area contributed by atoms with Gasteiger partial charge in [0, 0.05) is 0 Å². The molecule has 0 heteroatoms. The first-order valence-corrected chi connectivity index (χ1v) is 5.77. The first kappa shape index (κ1) is 10.6. The number of allylic oxidation sites excluding steroid dienone is 4. The van der Waals surface area contributed by atoms with Gasteiger partial charge in [-0.15, -0.1) is 0 Å². The number of hydrogen-bond donors (Lipinski definition) is 0. The Labute approximate surface area is 82.7 Å². The van der Waals surface area contributed by atoms with E-state index in [0.29, 0.717) is 0 Å². The number of unbranched alkanes of at least 4 members (excludes halogenated alkanes) is 4. The van der Waals surface area contributed by atoms with Crippen LogP contribution in [0.15, 0.2) is 24.3 Å². The molecule has 1 rings (SSSR count). The third kappa shape index (κ3) is 4.92. The average Bonchev–Trinajstić information content (AvgIpc) is 2.19. The molecule has 1 aliphatic carbocycles. The van der Waals surface area contributed by atoms with Crippen molar-refractivity contribution in [3.63, 3.8) is 0 Å². The van der Waals surface area contributed by atoms with Crippen LogP contribution in [0.5, 0.6) is 0 Å². The summed E-state index contributed by atoms with van der Waals surface area (Å²) in [6.45, 7) is 2.27. The molecular weight excluding hydrogens is 156 g/mol. The molecule has 0 amide bonds. The molecule has 0 fully saturated rings. The first-order chi connectivity index (χ1) is 6.43. The molecule has 0 aliphatic heterocycles. The molecule has 0 heterocycles. The highest BCUT2D eigenvalue weighted by Crippen LogP contribution is 2.17. The quantitative estimate of drug-likeness (QED) is 0.415. The highest BCUT2D eigenvalue weighted by Gasteiger charge is 2.01. The predicted octanol–water partition coefficient (Wildman–Crippen LogP) is 4.48. The summed E-state index contributed by atoms with van der Waals surface area (Å²) in [5, 5.41) is 0. The van der Waals surface area contributed by atoms with E-state index in [1.165, 1.54) is 38.5 Å². The molecule has 74 valence electrons. The Kier molecular flexibility index (Phi) is 5.64. The van der Waals surface area contributed by atoms with Crippen molar-refractivity contribution < 1.29 is 0 Å². The minimum Gasteiger partial charge on any atom is -0.0842 e. The Bertz CT molecular complexity index is 153. The van der Waals surface area contributed by atoms with E-state index in [4.69, 9.17) is 0 Å². The van der Waals surface area contributed by atoms with Gasteiger partial charge in [0.1, 0.15) is 0 Å². The van der Waals surface area contributed by atoms with E-state index in [1.807, 2.05) is 0 Å². The molecule has 0 spiro atoms. The van der Waals surface area contributed by atoms with Crippen molar-refractivity contribution in [2.24, 2.45) is 5.92 Å². The van der Waals surface area contributed by atoms with Crippen LogP contribution in [0.1, 0.15) is 51.9 Å². The van der Waals surface area contributed by atoms with E-state index >= 15 is 0 Å². The molecule has 13 heavy (non-hydrogen) atoms. The van der Waals surface area contributed by atoms with Crippen molar-refractivity contribution in [2.75, 3.05) is 0 Å². The van der Waals surface area contributed by atoms with Crippen LogP contribution in [0.2, 0.25) is 0 Å². The SMILES string of the molecule is CCCCCCCC1C=CCC=C1. The largest absolute Gasteiger partial charge is 0.0842 e. The smallest absolute Gasteiger partial charge is 0.00533 e. The first-order valence-electron chi connectivity index (χ1n) is 5.77. The van der Waals surface area contributed by atoms with E-state index in [2.05, 4.69) is 31.2 Å². The van der Waals surface area contributed by atoms with Gasteiger partial charge in [0.05, 0.1) is 0 Å². The second-order valence-corrected chi connectivity index (χ2v) is 3.96. The predicted molar refractivity (Wildman–Crippen MR) is 59.8 cm³/mol. The zero-order valence-corrected chi connectivity index (χ0v) is 8.84. The fourth-order valence-corrected chi connectivity index (χ4v) is 1.83. The lowest BCUT2D eigenvalue weighted by molar-refractivity contribution is 0.572. The van der Waals surface area contributed by atoms with Gasteiger partial charge in [-0.1, -0.05) is 63.3 Å². The Balaban J connectivity index is 1.96. The summed E-state index contributed by atoms with van der Waals surface area (Å²) in [5.74, 6) is 0.746. The van der Waals surface area contributed by atoms with Gasteiger partial charge in [0.15, 0.2) is 0 Å². The van der Waals surface area contributed by atoms with E-state index in [0.717, 1.165) is 12.3 Å². The van der Waals surface area contributed by atoms with Gasteiger partial charge in [0.2, 0.25) is 0 Å². The Morgan fingerprint density at radius 3 is 2.38 bits per heavy atom. The maximum Gasteiger partial charge on any atom is -0.00533 e. The summed E-state index contributed by atoms with van der Waals surface area (Å²) in [6.07, 6.45) is 18.8.